The summed E-state index contributed by atoms with van der Waals surface area (Å²) in [5, 5.41) is 0. The molecule has 0 aromatic heterocycles. The van der Waals surface area contributed by atoms with Crippen molar-refractivity contribution in [3.05, 3.63) is 95.6 Å². The normalized spacial score (nSPS) is 19.1. The van der Waals surface area contributed by atoms with Crippen LogP contribution in [0.4, 0.5) is 0 Å². The Kier molecular flexibility index (Phi) is 7.83. The number of hydrogen-bond donors (Lipinski definition) is 0. The highest BCUT2D eigenvalue weighted by molar-refractivity contribution is 7.89. The molecular formula is C30H35N3O4S. The quantitative estimate of drug-likeness (QED) is 0.458. The molecule has 1 atom stereocenters. The van der Waals surface area contributed by atoms with Gasteiger partial charge in [0.2, 0.25) is 15.9 Å². The van der Waals surface area contributed by atoms with Gasteiger partial charge in [-0.1, -0.05) is 66.7 Å². The summed E-state index contributed by atoms with van der Waals surface area (Å²) < 4.78 is 34.0. The van der Waals surface area contributed by atoms with Crippen molar-refractivity contribution in [2.75, 3.05) is 39.8 Å². The summed E-state index contributed by atoms with van der Waals surface area (Å²) in [5.41, 5.74) is 3.09. The van der Waals surface area contributed by atoms with E-state index in [9.17, 15) is 13.2 Å². The Morgan fingerprint density at radius 3 is 2.05 bits per heavy atom. The van der Waals surface area contributed by atoms with E-state index in [4.69, 9.17) is 4.74 Å². The molecule has 1 amide bonds. The van der Waals surface area contributed by atoms with Gasteiger partial charge in [-0.05, 0) is 42.5 Å². The van der Waals surface area contributed by atoms with Gasteiger partial charge in [-0.25, -0.2) is 8.42 Å². The molecule has 0 N–H and O–H groups in total. The van der Waals surface area contributed by atoms with Gasteiger partial charge < -0.3 is 9.64 Å². The first-order valence-corrected chi connectivity index (χ1v) is 14.6. The fourth-order valence-corrected chi connectivity index (χ4v) is 7.57. The molecule has 3 aromatic carbocycles. The smallest absolute Gasteiger partial charge is 0.244 e. The molecule has 3 aromatic rings. The van der Waals surface area contributed by atoms with Gasteiger partial charge in [-0.2, -0.15) is 4.31 Å². The number of methoxy groups -OCH3 is 1. The number of aryl methyl sites for hydroxylation is 1. The van der Waals surface area contributed by atoms with Crippen molar-refractivity contribution in [3.8, 4) is 5.75 Å². The van der Waals surface area contributed by atoms with E-state index >= 15 is 0 Å². The molecule has 2 aliphatic rings. The van der Waals surface area contributed by atoms with E-state index in [2.05, 4.69) is 53.4 Å². The predicted octanol–water partition coefficient (Wildman–Crippen LogP) is 4.09. The number of ether oxygens (including phenoxy) is 1. The lowest BCUT2D eigenvalue weighted by Crippen LogP contribution is -2.54. The number of hydrogen-bond acceptors (Lipinski definition) is 5. The lowest BCUT2D eigenvalue weighted by Gasteiger charge is -2.41. The lowest BCUT2D eigenvalue weighted by atomic mass is 9.96. The number of rotatable bonds is 7. The van der Waals surface area contributed by atoms with Crippen LogP contribution in [0.5, 0.6) is 5.75 Å². The van der Waals surface area contributed by atoms with Crippen LogP contribution >= 0.6 is 0 Å². The average molecular weight is 534 g/mol. The maximum Gasteiger partial charge on any atom is 0.244 e. The molecule has 2 fully saturated rings. The molecule has 2 aliphatic heterocycles. The second-order valence-electron chi connectivity index (χ2n) is 9.99. The van der Waals surface area contributed by atoms with Crippen LogP contribution in [0, 0.1) is 6.92 Å². The molecule has 200 valence electrons. The van der Waals surface area contributed by atoms with Crippen molar-refractivity contribution in [2.24, 2.45) is 0 Å². The number of piperazine rings is 1. The third-order valence-corrected chi connectivity index (χ3v) is 9.74. The zero-order valence-corrected chi connectivity index (χ0v) is 22.8. The molecule has 2 saturated heterocycles. The van der Waals surface area contributed by atoms with E-state index in [1.165, 1.54) is 22.5 Å². The van der Waals surface area contributed by atoms with Crippen LogP contribution < -0.4 is 4.74 Å². The summed E-state index contributed by atoms with van der Waals surface area (Å²) >= 11 is 0. The maximum atomic E-state index is 13.7. The summed E-state index contributed by atoms with van der Waals surface area (Å²) in [6, 6.07) is 25.4. The molecule has 8 heteroatoms. The van der Waals surface area contributed by atoms with Gasteiger partial charge in [-0.15, -0.1) is 0 Å². The zero-order chi connectivity index (χ0) is 26.7. The summed E-state index contributed by atoms with van der Waals surface area (Å²) in [7, 11) is -2.32. The first-order valence-electron chi connectivity index (χ1n) is 13.2. The van der Waals surface area contributed by atoms with Gasteiger partial charge in [0.05, 0.1) is 18.0 Å². The Hall–Kier alpha value is -3.20. The average Bonchev–Trinajstić information content (AvgIpc) is 3.46. The van der Waals surface area contributed by atoms with Gasteiger partial charge in [0, 0.05) is 38.8 Å². The van der Waals surface area contributed by atoms with Crippen LogP contribution in [0.25, 0.3) is 0 Å². The minimum atomic E-state index is -3.84. The molecule has 38 heavy (non-hydrogen) atoms. The molecule has 0 saturated carbocycles. The second-order valence-corrected chi connectivity index (χ2v) is 11.8. The Balaban J connectivity index is 1.32. The van der Waals surface area contributed by atoms with Crippen molar-refractivity contribution in [1.82, 2.24) is 14.1 Å². The third kappa shape index (κ3) is 5.21. The zero-order valence-electron chi connectivity index (χ0n) is 22.0. The number of nitrogens with zero attached hydrogens (tertiary/aromatic N) is 3. The maximum absolute atomic E-state index is 13.7. The summed E-state index contributed by atoms with van der Waals surface area (Å²) in [5.74, 6) is 0.390. The van der Waals surface area contributed by atoms with Crippen LogP contribution in [-0.4, -0.2) is 74.3 Å². The van der Waals surface area contributed by atoms with Crippen LogP contribution in [0.15, 0.2) is 83.8 Å². The topological polar surface area (TPSA) is 70.2 Å². The van der Waals surface area contributed by atoms with Crippen LogP contribution in [0.1, 0.15) is 35.6 Å². The minimum absolute atomic E-state index is 0.0951. The van der Waals surface area contributed by atoms with E-state index < -0.39 is 16.1 Å². The molecule has 0 aliphatic carbocycles. The highest BCUT2D eigenvalue weighted by Crippen LogP contribution is 2.33. The molecule has 0 bridgehead atoms. The standard InChI is InChI=1S/C30H35N3O4S/c1-23-15-16-26(37-2)22-28(23)38(35,36)33-17-9-14-27(33)30(34)32-20-18-31(19-21-32)29(24-10-5-3-6-11-24)25-12-7-4-8-13-25/h3-8,10-13,15-16,22,27,29H,9,14,17-21H2,1-2H3/t27-/m1/s1. The first kappa shape index (κ1) is 26.4. The largest absolute Gasteiger partial charge is 0.497 e. The number of amides is 1. The Morgan fingerprint density at radius 2 is 1.47 bits per heavy atom. The van der Waals surface area contributed by atoms with Gasteiger partial charge in [0.15, 0.2) is 0 Å². The van der Waals surface area contributed by atoms with E-state index in [1.54, 1.807) is 25.1 Å². The van der Waals surface area contributed by atoms with Crippen molar-refractivity contribution in [2.45, 2.75) is 36.7 Å². The van der Waals surface area contributed by atoms with Crippen LogP contribution in [-0.2, 0) is 14.8 Å². The van der Waals surface area contributed by atoms with E-state index in [1.807, 2.05) is 17.0 Å². The van der Waals surface area contributed by atoms with Gasteiger partial charge in [-0.3, -0.25) is 9.69 Å². The third-order valence-electron chi connectivity index (χ3n) is 7.69. The van der Waals surface area contributed by atoms with Gasteiger partial charge in [0.25, 0.3) is 0 Å². The fraction of sp³-hybridized carbons (Fsp3) is 0.367. The van der Waals surface area contributed by atoms with Gasteiger partial charge in [0.1, 0.15) is 11.8 Å². The molecule has 7 nitrogen and oxygen atoms in total. The monoisotopic (exact) mass is 533 g/mol. The van der Waals surface area contributed by atoms with Crippen LogP contribution in [0.3, 0.4) is 0 Å². The summed E-state index contributed by atoms with van der Waals surface area (Å²) in [6.07, 6.45) is 1.21. The number of carbonyl (C=O) groups excluding carboxylic acids is 1. The number of benzene rings is 3. The molecule has 0 unspecified atom stereocenters. The first-order chi connectivity index (χ1) is 18.4. The van der Waals surface area contributed by atoms with Gasteiger partial charge >= 0.3 is 0 Å². The lowest BCUT2D eigenvalue weighted by molar-refractivity contribution is -0.136. The minimum Gasteiger partial charge on any atom is -0.497 e. The second kappa shape index (κ2) is 11.3. The molecule has 0 radical (unpaired) electrons. The van der Waals surface area contributed by atoms with Crippen molar-refractivity contribution in [1.29, 1.82) is 0 Å². The molecule has 5 rings (SSSR count). The molecule has 2 heterocycles. The van der Waals surface area contributed by atoms with Crippen molar-refractivity contribution < 1.29 is 17.9 Å². The van der Waals surface area contributed by atoms with E-state index in [-0.39, 0.29) is 16.8 Å². The Labute approximate surface area is 225 Å². The van der Waals surface area contributed by atoms with E-state index in [0.717, 1.165) is 0 Å². The summed E-state index contributed by atoms with van der Waals surface area (Å²) in [6.45, 7) is 4.69. The Bertz CT molecular complexity index is 1320. The number of carbonyl (C=O) groups is 1. The summed E-state index contributed by atoms with van der Waals surface area (Å²) in [4.78, 5) is 18.2. The van der Waals surface area contributed by atoms with E-state index in [0.29, 0.717) is 56.9 Å². The number of sulfonamides is 1. The Morgan fingerprint density at radius 1 is 0.868 bits per heavy atom. The fourth-order valence-electron chi connectivity index (χ4n) is 5.68. The van der Waals surface area contributed by atoms with Crippen LogP contribution in [0.2, 0.25) is 0 Å². The highest BCUT2D eigenvalue weighted by Gasteiger charge is 2.42. The SMILES string of the molecule is COc1ccc(C)c(S(=O)(=O)N2CCC[C@@H]2C(=O)N2CCN(C(c3ccccc3)c3ccccc3)CC2)c1. The van der Waals surface area contributed by atoms with Crippen molar-refractivity contribution >= 4 is 15.9 Å². The highest BCUT2D eigenvalue weighted by atomic mass is 32.2. The molecule has 0 spiro atoms. The van der Waals surface area contributed by atoms with Crippen molar-refractivity contribution in [3.63, 3.8) is 0 Å². The predicted molar refractivity (Wildman–Crippen MR) is 148 cm³/mol. The molecular weight excluding hydrogens is 498 g/mol.